The number of aromatic nitrogens is 3. The molecule has 1 rings (SSSR count). The van der Waals surface area contributed by atoms with Crippen molar-refractivity contribution in [1.82, 2.24) is 20.3 Å². The summed E-state index contributed by atoms with van der Waals surface area (Å²) in [4.78, 5) is 0. The monoisotopic (exact) mass is 251 g/mol. The highest BCUT2D eigenvalue weighted by Gasteiger charge is 2.25. The zero-order valence-corrected chi connectivity index (χ0v) is 9.37. The zero-order valence-electron chi connectivity index (χ0n) is 9.37. The fourth-order valence-electron chi connectivity index (χ4n) is 1.29. The van der Waals surface area contributed by atoms with E-state index in [-0.39, 0.29) is 6.42 Å². The molecular formula is C9H16F3N5. The van der Waals surface area contributed by atoms with Crippen molar-refractivity contribution in [1.29, 1.82) is 0 Å². The van der Waals surface area contributed by atoms with E-state index in [0.717, 1.165) is 0 Å². The molecule has 0 bridgehead atoms. The maximum absolute atomic E-state index is 11.8. The molecule has 3 N–H and O–H groups in total. The Hall–Kier alpha value is -1.15. The maximum atomic E-state index is 11.8. The van der Waals surface area contributed by atoms with E-state index in [0.29, 0.717) is 31.9 Å². The summed E-state index contributed by atoms with van der Waals surface area (Å²) in [5, 5.41) is 10.5. The Labute approximate surface area is 97.2 Å². The lowest BCUT2D eigenvalue weighted by molar-refractivity contribution is -0.135. The molecule has 0 unspecified atom stereocenters. The molecule has 5 nitrogen and oxygen atoms in total. The molecule has 0 aliphatic heterocycles. The summed E-state index contributed by atoms with van der Waals surface area (Å²) in [5.74, 6) is 0. The molecule has 0 aromatic carbocycles. The second kappa shape index (κ2) is 6.55. The fraction of sp³-hybridized carbons (Fsp3) is 0.778. The third kappa shape index (κ3) is 6.22. The molecule has 1 aromatic heterocycles. The van der Waals surface area contributed by atoms with Crippen molar-refractivity contribution in [3.8, 4) is 0 Å². The third-order valence-electron chi connectivity index (χ3n) is 2.06. The van der Waals surface area contributed by atoms with Crippen LogP contribution in [0.1, 0.15) is 18.5 Å². The van der Waals surface area contributed by atoms with E-state index >= 15 is 0 Å². The van der Waals surface area contributed by atoms with Crippen LogP contribution in [0.25, 0.3) is 0 Å². The summed E-state index contributed by atoms with van der Waals surface area (Å²) >= 11 is 0. The number of rotatable bonds is 7. The Morgan fingerprint density at radius 2 is 2.18 bits per heavy atom. The molecule has 98 valence electrons. The molecule has 0 fully saturated rings. The van der Waals surface area contributed by atoms with Crippen molar-refractivity contribution in [2.24, 2.45) is 5.73 Å². The van der Waals surface area contributed by atoms with Gasteiger partial charge in [-0.25, -0.2) is 0 Å². The van der Waals surface area contributed by atoms with Crippen LogP contribution in [0, 0.1) is 0 Å². The van der Waals surface area contributed by atoms with Crippen LogP contribution in [-0.2, 0) is 13.1 Å². The SMILES string of the molecule is NCCn1cc(CNCCCC(F)(F)F)nn1. The van der Waals surface area contributed by atoms with Gasteiger partial charge in [0.25, 0.3) is 0 Å². The van der Waals surface area contributed by atoms with Crippen LogP contribution in [0.5, 0.6) is 0 Å². The lowest BCUT2D eigenvalue weighted by Gasteiger charge is -2.05. The smallest absolute Gasteiger partial charge is 0.329 e. The Balaban J connectivity index is 2.13. The Morgan fingerprint density at radius 1 is 1.41 bits per heavy atom. The van der Waals surface area contributed by atoms with Gasteiger partial charge in [-0.05, 0) is 13.0 Å². The maximum Gasteiger partial charge on any atom is 0.389 e. The van der Waals surface area contributed by atoms with Gasteiger partial charge in [0.05, 0.1) is 12.2 Å². The minimum atomic E-state index is -4.08. The summed E-state index contributed by atoms with van der Waals surface area (Å²) in [6.07, 6.45) is -3.05. The summed E-state index contributed by atoms with van der Waals surface area (Å²) in [5.41, 5.74) is 6.04. The highest BCUT2D eigenvalue weighted by molar-refractivity contribution is 4.91. The zero-order chi connectivity index (χ0) is 12.7. The van der Waals surface area contributed by atoms with E-state index < -0.39 is 12.6 Å². The normalized spacial score (nSPS) is 12.0. The van der Waals surface area contributed by atoms with Crippen molar-refractivity contribution in [2.75, 3.05) is 13.1 Å². The van der Waals surface area contributed by atoms with E-state index in [1.54, 1.807) is 10.9 Å². The van der Waals surface area contributed by atoms with Crippen molar-refractivity contribution >= 4 is 0 Å². The van der Waals surface area contributed by atoms with Crippen molar-refractivity contribution < 1.29 is 13.2 Å². The molecule has 0 aliphatic rings. The molecule has 1 aromatic rings. The molecule has 1 heterocycles. The summed E-state index contributed by atoms with van der Waals surface area (Å²) in [7, 11) is 0. The van der Waals surface area contributed by atoms with Gasteiger partial charge in [-0.3, -0.25) is 4.68 Å². The first kappa shape index (κ1) is 13.9. The number of nitrogens with two attached hydrogens (primary N) is 1. The number of halogens is 3. The van der Waals surface area contributed by atoms with Gasteiger partial charge in [0.1, 0.15) is 0 Å². The Kier molecular flexibility index (Phi) is 5.36. The molecule has 17 heavy (non-hydrogen) atoms. The van der Waals surface area contributed by atoms with E-state index in [9.17, 15) is 13.2 Å². The molecule has 0 saturated carbocycles. The van der Waals surface area contributed by atoms with Crippen LogP contribution in [0.4, 0.5) is 13.2 Å². The van der Waals surface area contributed by atoms with Crippen molar-refractivity contribution in [3.63, 3.8) is 0 Å². The van der Waals surface area contributed by atoms with Crippen LogP contribution in [0.15, 0.2) is 6.20 Å². The van der Waals surface area contributed by atoms with Crippen LogP contribution in [-0.4, -0.2) is 34.3 Å². The third-order valence-corrected chi connectivity index (χ3v) is 2.06. The van der Waals surface area contributed by atoms with Crippen molar-refractivity contribution in [2.45, 2.75) is 32.1 Å². The fourth-order valence-corrected chi connectivity index (χ4v) is 1.29. The van der Waals surface area contributed by atoms with Crippen LogP contribution in [0.2, 0.25) is 0 Å². The minimum Gasteiger partial charge on any atom is -0.329 e. The molecular weight excluding hydrogens is 235 g/mol. The van der Waals surface area contributed by atoms with E-state index in [4.69, 9.17) is 5.73 Å². The first-order valence-electron chi connectivity index (χ1n) is 5.38. The van der Waals surface area contributed by atoms with Crippen molar-refractivity contribution in [3.05, 3.63) is 11.9 Å². The van der Waals surface area contributed by atoms with Gasteiger partial charge in [-0.2, -0.15) is 13.2 Å². The van der Waals surface area contributed by atoms with Crippen LogP contribution in [0.3, 0.4) is 0 Å². The standard InChI is InChI=1S/C9H16F3N5/c10-9(11,12)2-1-4-14-6-8-7-17(5-3-13)16-15-8/h7,14H,1-6,13H2. The first-order chi connectivity index (χ1) is 8.01. The Bertz CT molecular complexity index is 323. The van der Waals surface area contributed by atoms with E-state index in [2.05, 4.69) is 15.6 Å². The summed E-state index contributed by atoms with van der Waals surface area (Å²) in [6.45, 7) is 1.79. The van der Waals surface area contributed by atoms with Gasteiger partial charge >= 0.3 is 6.18 Å². The number of alkyl halides is 3. The van der Waals surface area contributed by atoms with Gasteiger partial charge in [0.2, 0.25) is 0 Å². The van der Waals surface area contributed by atoms with Crippen LogP contribution < -0.4 is 11.1 Å². The first-order valence-corrected chi connectivity index (χ1v) is 5.38. The highest BCUT2D eigenvalue weighted by atomic mass is 19.4. The lowest BCUT2D eigenvalue weighted by atomic mass is 10.3. The predicted octanol–water partition coefficient (Wildman–Crippen LogP) is 0.669. The molecule has 0 radical (unpaired) electrons. The lowest BCUT2D eigenvalue weighted by Crippen LogP contribution is -2.18. The molecule has 0 atom stereocenters. The van der Waals surface area contributed by atoms with Crippen LogP contribution >= 0.6 is 0 Å². The quantitative estimate of drug-likeness (QED) is 0.699. The summed E-state index contributed by atoms with van der Waals surface area (Å²) in [6, 6.07) is 0. The molecule has 0 saturated heterocycles. The second-order valence-electron chi connectivity index (χ2n) is 3.66. The second-order valence-corrected chi connectivity index (χ2v) is 3.66. The largest absolute Gasteiger partial charge is 0.389 e. The van der Waals surface area contributed by atoms with Gasteiger partial charge in [0.15, 0.2) is 0 Å². The molecule has 0 amide bonds. The van der Waals surface area contributed by atoms with E-state index in [1.165, 1.54) is 0 Å². The number of nitrogens with one attached hydrogen (secondary N) is 1. The minimum absolute atomic E-state index is 0.0699. The number of hydrogen-bond acceptors (Lipinski definition) is 4. The van der Waals surface area contributed by atoms with E-state index in [1.807, 2.05) is 0 Å². The topological polar surface area (TPSA) is 68.8 Å². The van der Waals surface area contributed by atoms with Gasteiger partial charge < -0.3 is 11.1 Å². The average Bonchev–Trinajstić information content (AvgIpc) is 2.64. The van der Waals surface area contributed by atoms with Gasteiger partial charge in [-0.15, -0.1) is 5.10 Å². The molecule has 0 spiro atoms. The van der Waals surface area contributed by atoms with Gasteiger partial charge in [-0.1, -0.05) is 5.21 Å². The predicted molar refractivity (Wildman–Crippen MR) is 56.1 cm³/mol. The Morgan fingerprint density at radius 3 is 2.82 bits per heavy atom. The molecule has 8 heteroatoms. The van der Waals surface area contributed by atoms with Gasteiger partial charge in [0, 0.05) is 25.7 Å². The number of hydrogen-bond donors (Lipinski definition) is 2. The molecule has 0 aliphatic carbocycles. The average molecular weight is 251 g/mol. The number of nitrogens with zero attached hydrogens (tertiary/aromatic N) is 3. The highest BCUT2D eigenvalue weighted by Crippen LogP contribution is 2.20. The summed E-state index contributed by atoms with van der Waals surface area (Å²) < 4.78 is 37.1.